The zero-order valence-corrected chi connectivity index (χ0v) is 22.6. The molecule has 39 heavy (non-hydrogen) atoms. The maximum atomic E-state index is 13.5. The second kappa shape index (κ2) is 12.9. The summed E-state index contributed by atoms with van der Waals surface area (Å²) in [6.07, 6.45) is 1.94. The Labute approximate surface area is 230 Å². The highest BCUT2D eigenvalue weighted by Crippen LogP contribution is 2.34. The van der Waals surface area contributed by atoms with Crippen molar-refractivity contribution in [3.8, 4) is 11.8 Å². The molecule has 0 aliphatic carbocycles. The number of carbonyl (C=O) groups is 2. The minimum absolute atomic E-state index is 0.117. The van der Waals surface area contributed by atoms with Crippen LogP contribution in [0.4, 0.5) is 25.5 Å². The fraction of sp³-hybridized carbons (Fsp3) is 0.296. The van der Waals surface area contributed by atoms with E-state index in [0.717, 1.165) is 0 Å². The molecule has 10 nitrogen and oxygen atoms in total. The summed E-state index contributed by atoms with van der Waals surface area (Å²) in [5.74, 6) is 0.0958. The maximum absolute atomic E-state index is 13.5. The Balaban J connectivity index is 1.73. The van der Waals surface area contributed by atoms with Crippen LogP contribution in [0.3, 0.4) is 0 Å². The summed E-state index contributed by atoms with van der Waals surface area (Å²) >= 11 is 6.53. The first kappa shape index (κ1) is 29.1. The largest absolute Gasteiger partial charge is 0.495 e. The van der Waals surface area contributed by atoms with Gasteiger partial charge in [0, 0.05) is 10.6 Å². The molecule has 0 saturated heterocycles. The number of anilines is 2. The zero-order chi connectivity index (χ0) is 28.6. The number of hydrogen-bond acceptors (Lipinski definition) is 7. The van der Waals surface area contributed by atoms with Gasteiger partial charge in [-0.2, -0.15) is 5.26 Å². The van der Waals surface area contributed by atoms with Crippen molar-refractivity contribution in [2.45, 2.75) is 45.3 Å². The van der Waals surface area contributed by atoms with Crippen molar-refractivity contribution in [3.63, 3.8) is 0 Å². The van der Waals surface area contributed by atoms with Crippen LogP contribution in [0, 0.1) is 17.1 Å². The minimum atomic E-state index is -0.674. The third-order valence-corrected chi connectivity index (χ3v) is 5.62. The van der Waals surface area contributed by atoms with Crippen LogP contribution >= 0.6 is 11.6 Å². The van der Waals surface area contributed by atoms with E-state index in [-0.39, 0.29) is 11.5 Å². The molecule has 0 fully saturated rings. The predicted molar refractivity (Wildman–Crippen MR) is 144 cm³/mol. The van der Waals surface area contributed by atoms with Crippen LogP contribution < -0.4 is 20.7 Å². The molecule has 2 aromatic carbocycles. The van der Waals surface area contributed by atoms with Crippen molar-refractivity contribution in [2.75, 3.05) is 17.7 Å². The number of methoxy groups -OCH3 is 1. The Morgan fingerprint density at radius 1 is 1.13 bits per heavy atom. The first-order chi connectivity index (χ1) is 18.5. The highest BCUT2D eigenvalue weighted by atomic mass is 35.5. The number of amides is 3. The molecule has 12 heteroatoms. The summed E-state index contributed by atoms with van der Waals surface area (Å²) in [6.45, 7) is 5.50. The van der Waals surface area contributed by atoms with E-state index in [9.17, 15) is 14.0 Å². The number of nitriles is 1. The molecule has 1 atom stereocenters. The van der Waals surface area contributed by atoms with Gasteiger partial charge in [0.15, 0.2) is 11.5 Å². The SMILES string of the molecule is COc1cc(CCC(OC(=O)NC(C)(C)C)c2ccc(F)cc2)c(Cl)cc1NC(=O)Nc1cnc(C#N)cn1. The van der Waals surface area contributed by atoms with Gasteiger partial charge in [-0.25, -0.2) is 23.9 Å². The third-order valence-electron chi connectivity index (χ3n) is 5.27. The molecular weight excluding hydrogens is 527 g/mol. The smallest absolute Gasteiger partial charge is 0.408 e. The number of alkyl carbamates (subject to hydrolysis) is 1. The molecule has 1 aromatic heterocycles. The van der Waals surface area contributed by atoms with Gasteiger partial charge >= 0.3 is 12.1 Å². The molecule has 3 N–H and O–H groups in total. The monoisotopic (exact) mass is 554 g/mol. The van der Waals surface area contributed by atoms with Gasteiger partial charge in [0.25, 0.3) is 0 Å². The molecule has 0 radical (unpaired) electrons. The average molecular weight is 555 g/mol. The van der Waals surface area contributed by atoms with Gasteiger partial charge in [-0.05, 0) is 69.0 Å². The first-order valence-electron chi connectivity index (χ1n) is 11.9. The summed E-state index contributed by atoms with van der Waals surface area (Å²) < 4.78 is 24.6. The quantitative estimate of drug-likeness (QED) is 0.311. The topological polar surface area (TPSA) is 138 Å². The van der Waals surface area contributed by atoms with Crippen LogP contribution in [0.1, 0.15) is 50.1 Å². The van der Waals surface area contributed by atoms with E-state index < -0.39 is 29.6 Å². The number of rotatable bonds is 8. The standard InChI is InChI=1S/C27H28ClFN6O4/c1-27(2,3)35-26(37)39-22(16-5-8-18(29)9-6-16)10-7-17-11-23(38-4)21(12-20(17)28)33-25(36)34-24-15-31-19(13-30)14-32-24/h5-6,8-9,11-12,14-15,22H,7,10H2,1-4H3,(H,35,37)(H2,32,33,34,36). The number of aryl methyl sites for hydroxylation is 1. The zero-order valence-electron chi connectivity index (χ0n) is 21.8. The number of urea groups is 1. The van der Waals surface area contributed by atoms with Crippen LogP contribution in [0.2, 0.25) is 5.02 Å². The van der Waals surface area contributed by atoms with E-state index in [2.05, 4.69) is 25.9 Å². The van der Waals surface area contributed by atoms with Crippen LogP contribution in [-0.2, 0) is 11.2 Å². The lowest BCUT2D eigenvalue weighted by molar-refractivity contribution is 0.0864. The lowest BCUT2D eigenvalue weighted by Crippen LogP contribution is -2.41. The van der Waals surface area contributed by atoms with Crippen LogP contribution in [0.5, 0.6) is 5.75 Å². The van der Waals surface area contributed by atoms with E-state index in [1.54, 1.807) is 24.3 Å². The number of nitrogens with zero attached hydrogens (tertiary/aromatic N) is 3. The molecule has 0 aliphatic heterocycles. The van der Waals surface area contributed by atoms with Crippen molar-refractivity contribution in [1.82, 2.24) is 15.3 Å². The fourth-order valence-electron chi connectivity index (χ4n) is 3.50. The first-order valence-corrected chi connectivity index (χ1v) is 12.3. The number of carbonyl (C=O) groups excluding carboxylic acids is 2. The molecule has 3 rings (SSSR count). The Hall–Kier alpha value is -4.43. The van der Waals surface area contributed by atoms with E-state index in [1.807, 2.05) is 26.8 Å². The second-order valence-electron chi connectivity index (χ2n) is 9.48. The normalized spacial score (nSPS) is 11.6. The summed E-state index contributed by atoms with van der Waals surface area (Å²) in [5.41, 5.74) is 1.24. The lowest BCUT2D eigenvalue weighted by Gasteiger charge is -2.24. The fourth-order valence-corrected chi connectivity index (χ4v) is 3.75. The summed E-state index contributed by atoms with van der Waals surface area (Å²) in [5, 5.41) is 17.1. The minimum Gasteiger partial charge on any atom is -0.495 e. The highest BCUT2D eigenvalue weighted by molar-refractivity contribution is 6.31. The Bertz CT molecular complexity index is 1350. The molecule has 3 amide bonds. The van der Waals surface area contributed by atoms with Gasteiger partial charge in [-0.3, -0.25) is 5.32 Å². The number of nitrogens with one attached hydrogen (secondary N) is 3. The Morgan fingerprint density at radius 3 is 2.44 bits per heavy atom. The third kappa shape index (κ3) is 8.83. The highest BCUT2D eigenvalue weighted by Gasteiger charge is 2.22. The molecule has 3 aromatic rings. The van der Waals surface area contributed by atoms with Gasteiger partial charge in [-0.1, -0.05) is 23.7 Å². The van der Waals surface area contributed by atoms with Crippen LogP contribution in [-0.4, -0.2) is 34.7 Å². The van der Waals surface area contributed by atoms with Gasteiger partial charge in [0.1, 0.15) is 23.7 Å². The van der Waals surface area contributed by atoms with Gasteiger partial charge in [-0.15, -0.1) is 0 Å². The molecule has 0 spiro atoms. The van der Waals surface area contributed by atoms with Crippen molar-refractivity contribution < 1.29 is 23.5 Å². The van der Waals surface area contributed by atoms with Crippen molar-refractivity contribution in [2.24, 2.45) is 0 Å². The van der Waals surface area contributed by atoms with Crippen molar-refractivity contribution in [3.05, 3.63) is 76.5 Å². The van der Waals surface area contributed by atoms with Crippen molar-refractivity contribution in [1.29, 1.82) is 5.26 Å². The average Bonchev–Trinajstić information content (AvgIpc) is 2.87. The summed E-state index contributed by atoms with van der Waals surface area (Å²) in [6, 6.07) is 10.2. The van der Waals surface area contributed by atoms with Gasteiger partial charge in [0.2, 0.25) is 0 Å². The summed E-state index contributed by atoms with van der Waals surface area (Å²) in [7, 11) is 1.45. The molecule has 1 unspecified atom stereocenters. The van der Waals surface area contributed by atoms with E-state index in [4.69, 9.17) is 26.3 Å². The summed E-state index contributed by atoms with van der Waals surface area (Å²) in [4.78, 5) is 32.7. The number of hydrogen-bond donors (Lipinski definition) is 3. The molecule has 0 saturated carbocycles. The molecule has 204 valence electrons. The van der Waals surface area contributed by atoms with Crippen LogP contribution in [0.15, 0.2) is 48.8 Å². The lowest BCUT2D eigenvalue weighted by atomic mass is 10.0. The van der Waals surface area contributed by atoms with E-state index >= 15 is 0 Å². The van der Waals surface area contributed by atoms with Gasteiger partial charge < -0.3 is 20.1 Å². The predicted octanol–water partition coefficient (Wildman–Crippen LogP) is 5.99. The molecule has 0 aliphatic rings. The molecule has 1 heterocycles. The van der Waals surface area contributed by atoms with Gasteiger partial charge in [0.05, 0.1) is 25.2 Å². The number of benzene rings is 2. The Morgan fingerprint density at radius 2 is 1.85 bits per heavy atom. The van der Waals surface area contributed by atoms with Crippen LogP contribution in [0.25, 0.3) is 0 Å². The number of ether oxygens (including phenoxy) is 2. The Kier molecular flexibility index (Phi) is 9.62. The number of aromatic nitrogens is 2. The molecular formula is C27H28ClFN6O4. The van der Waals surface area contributed by atoms with E-state index in [1.165, 1.54) is 31.6 Å². The molecule has 0 bridgehead atoms. The van der Waals surface area contributed by atoms with Crippen molar-refractivity contribution >= 4 is 35.2 Å². The second-order valence-corrected chi connectivity index (χ2v) is 9.89. The number of halogens is 2. The maximum Gasteiger partial charge on any atom is 0.408 e. The van der Waals surface area contributed by atoms with E-state index in [0.29, 0.717) is 40.4 Å².